The Morgan fingerprint density at radius 1 is 1.07 bits per heavy atom. The molecule has 0 aliphatic carbocycles. The molecule has 2 aliphatic rings. The lowest BCUT2D eigenvalue weighted by Crippen LogP contribution is -2.44. The van der Waals surface area contributed by atoms with Gasteiger partial charge in [0.25, 0.3) is 5.91 Å². The van der Waals surface area contributed by atoms with Crippen LogP contribution in [0.25, 0.3) is 0 Å². The van der Waals surface area contributed by atoms with Crippen LogP contribution in [0.15, 0.2) is 48.5 Å². The second-order valence-corrected chi connectivity index (χ2v) is 6.71. The van der Waals surface area contributed by atoms with E-state index < -0.39 is 0 Å². The monoisotopic (exact) mass is 367 g/mol. The number of amides is 1. The molecule has 27 heavy (non-hydrogen) atoms. The highest BCUT2D eigenvalue weighted by molar-refractivity contribution is 5.98. The zero-order chi connectivity index (χ0) is 18.6. The van der Waals surface area contributed by atoms with Crippen LogP contribution in [0.2, 0.25) is 0 Å². The maximum absolute atomic E-state index is 12.7. The topological polar surface area (TPSA) is 65.1 Å². The molecule has 2 aromatic carbocycles. The average Bonchev–Trinajstić information content (AvgIpc) is 3.20. The van der Waals surface area contributed by atoms with Crippen molar-refractivity contribution < 1.29 is 23.8 Å². The van der Waals surface area contributed by atoms with Gasteiger partial charge in [-0.1, -0.05) is 30.3 Å². The Balaban J connectivity index is 1.34. The van der Waals surface area contributed by atoms with Crippen LogP contribution in [0.3, 0.4) is 0 Å². The number of Topliss-reactive ketones (excluding diaryl/α,β-unsaturated/α-hetero) is 1. The Bertz CT molecular complexity index is 836. The van der Waals surface area contributed by atoms with E-state index in [1.165, 1.54) is 0 Å². The van der Waals surface area contributed by atoms with Gasteiger partial charge in [0, 0.05) is 30.6 Å². The number of ether oxygens (including phenoxy) is 3. The number of hydrogen-bond donors (Lipinski definition) is 0. The van der Waals surface area contributed by atoms with E-state index in [4.69, 9.17) is 14.2 Å². The largest absolute Gasteiger partial charge is 0.484 e. The van der Waals surface area contributed by atoms with Gasteiger partial charge in [-0.05, 0) is 25.0 Å². The Morgan fingerprint density at radius 3 is 2.74 bits per heavy atom. The van der Waals surface area contributed by atoms with Crippen molar-refractivity contribution in [3.63, 3.8) is 0 Å². The van der Waals surface area contributed by atoms with E-state index in [9.17, 15) is 9.59 Å². The maximum atomic E-state index is 12.7. The molecule has 1 amide bonds. The number of ketones is 1. The Morgan fingerprint density at radius 2 is 1.89 bits per heavy atom. The lowest BCUT2D eigenvalue weighted by molar-refractivity contribution is -0.134. The third-order valence-electron chi connectivity index (χ3n) is 4.91. The van der Waals surface area contributed by atoms with Crippen LogP contribution >= 0.6 is 0 Å². The number of hydrogen-bond acceptors (Lipinski definition) is 5. The van der Waals surface area contributed by atoms with Crippen LogP contribution in [0.5, 0.6) is 17.2 Å². The number of carbonyl (C=O) groups excluding carboxylic acids is 2. The molecule has 0 N–H and O–H groups in total. The van der Waals surface area contributed by atoms with E-state index in [0.717, 1.165) is 12.8 Å². The standard InChI is InChI=1S/C21H21NO5/c23-20(13-25-17-8-9-18-19(11-17)27-14-26-18)22-10-4-7-16(12-22)21(24)15-5-2-1-3-6-15/h1-3,5-6,8-9,11,16H,4,7,10,12-14H2/t16-/m0/s1. The molecule has 1 fully saturated rings. The van der Waals surface area contributed by atoms with Gasteiger partial charge >= 0.3 is 0 Å². The number of piperidine rings is 1. The number of benzene rings is 2. The second-order valence-electron chi connectivity index (χ2n) is 6.71. The van der Waals surface area contributed by atoms with E-state index in [1.54, 1.807) is 23.1 Å². The van der Waals surface area contributed by atoms with Crippen molar-refractivity contribution in [3.8, 4) is 17.2 Å². The molecule has 2 heterocycles. The summed E-state index contributed by atoms with van der Waals surface area (Å²) in [6, 6.07) is 14.5. The van der Waals surface area contributed by atoms with Gasteiger partial charge in [-0.2, -0.15) is 0 Å². The summed E-state index contributed by atoms with van der Waals surface area (Å²) < 4.78 is 16.2. The van der Waals surface area contributed by atoms with Crippen LogP contribution in [0.1, 0.15) is 23.2 Å². The van der Waals surface area contributed by atoms with Gasteiger partial charge in [0.15, 0.2) is 23.9 Å². The van der Waals surface area contributed by atoms with Crippen molar-refractivity contribution in [1.29, 1.82) is 0 Å². The summed E-state index contributed by atoms with van der Waals surface area (Å²) in [5.74, 6) is 1.68. The van der Waals surface area contributed by atoms with Crippen LogP contribution in [-0.2, 0) is 4.79 Å². The molecule has 0 saturated carbocycles. The molecular formula is C21H21NO5. The molecule has 0 spiro atoms. The van der Waals surface area contributed by atoms with E-state index >= 15 is 0 Å². The third kappa shape index (κ3) is 3.89. The fourth-order valence-electron chi connectivity index (χ4n) is 3.46. The molecule has 0 radical (unpaired) electrons. The first kappa shape index (κ1) is 17.4. The van der Waals surface area contributed by atoms with Crippen LogP contribution < -0.4 is 14.2 Å². The molecule has 140 valence electrons. The summed E-state index contributed by atoms with van der Waals surface area (Å²) in [4.78, 5) is 26.9. The lowest BCUT2D eigenvalue weighted by Gasteiger charge is -2.32. The quantitative estimate of drug-likeness (QED) is 0.761. The van der Waals surface area contributed by atoms with Crippen LogP contribution in [0, 0.1) is 5.92 Å². The molecule has 6 heteroatoms. The fraction of sp³-hybridized carbons (Fsp3) is 0.333. The first-order chi connectivity index (χ1) is 13.2. The maximum Gasteiger partial charge on any atom is 0.260 e. The van der Waals surface area contributed by atoms with Gasteiger partial charge in [0.05, 0.1) is 0 Å². The fourth-order valence-corrected chi connectivity index (χ4v) is 3.46. The van der Waals surface area contributed by atoms with Gasteiger partial charge in [-0.15, -0.1) is 0 Å². The average molecular weight is 367 g/mol. The van der Waals surface area contributed by atoms with Gasteiger partial charge in [-0.25, -0.2) is 0 Å². The zero-order valence-electron chi connectivity index (χ0n) is 14.9. The van der Waals surface area contributed by atoms with Crippen LogP contribution in [0.4, 0.5) is 0 Å². The summed E-state index contributed by atoms with van der Waals surface area (Å²) in [5.41, 5.74) is 0.702. The van der Waals surface area contributed by atoms with Gasteiger partial charge in [0.2, 0.25) is 6.79 Å². The number of nitrogens with zero attached hydrogens (tertiary/aromatic N) is 1. The van der Waals surface area contributed by atoms with Crippen molar-refractivity contribution in [2.75, 3.05) is 26.5 Å². The predicted octanol–water partition coefficient (Wildman–Crippen LogP) is 2.92. The number of rotatable bonds is 5. The SMILES string of the molecule is O=C(c1ccccc1)[C@H]1CCCN(C(=O)COc2ccc3c(c2)OCO3)C1. The molecule has 1 saturated heterocycles. The highest BCUT2D eigenvalue weighted by Crippen LogP contribution is 2.35. The van der Waals surface area contributed by atoms with E-state index in [0.29, 0.717) is 35.9 Å². The minimum absolute atomic E-state index is 0.0636. The number of carbonyl (C=O) groups is 2. The van der Waals surface area contributed by atoms with Gasteiger partial charge in [0.1, 0.15) is 5.75 Å². The first-order valence-electron chi connectivity index (χ1n) is 9.10. The van der Waals surface area contributed by atoms with E-state index in [1.807, 2.05) is 30.3 Å². The highest BCUT2D eigenvalue weighted by Gasteiger charge is 2.29. The lowest BCUT2D eigenvalue weighted by atomic mass is 9.90. The number of fused-ring (bicyclic) bond motifs is 1. The summed E-state index contributed by atoms with van der Waals surface area (Å²) in [5, 5.41) is 0. The molecule has 4 rings (SSSR count). The molecule has 0 bridgehead atoms. The smallest absolute Gasteiger partial charge is 0.260 e. The minimum Gasteiger partial charge on any atom is -0.484 e. The Kier molecular flexibility index (Phi) is 4.96. The summed E-state index contributed by atoms with van der Waals surface area (Å²) >= 11 is 0. The first-order valence-corrected chi connectivity index (χ1v) is 9.10. The van der Waals surface area contributed by atoms with Gasteiger partial charge < -0.3 is 19.1 Å². The summed E-state index contributed by atoms with van der Waals surface area (Å²) in [6.45, 7) is 1.23. The Hall–Kier alpha value is -3.02. The molecule has 1 atom stereocenters. The zero-order valence-corrected chi connectivity index (χ0v) is 14.9. The normalized spacial score (nSPS) is 18.2. The molecule has 0 unspecified atom stereocenters. The molecule has 6 nitrogen and oxygen atoms in total. The molecule has 2 aromatic rings. The van der Waals surface area contributed by atoms with Gasteiger partial charge in [-0.3, -0.25) is 9.59 Å². The molecule has 2 aliphatic heterocycles. The second kappa shape index (κ2) is 7.70. The Labute approximate surface area is 157 Å². The van der Waals surface area contributed by atoms with Crippen LogP contribution in [-0.4, -0.2) is 43.1 Å². The molecular weight excluding hydrogens is 346 g/mol. The van der Waals surface area contributed by atoms with Crippen molar-refractivity contribution in [1.82, 2.24) is 4.90 Å². The van der Waals surface area contributed by atoms with Crippen molar-refractivity contribution >= 4 is 11.7 Å². The summed E-state index contributed by atoms with van der Waals surface area (Å²) in [7, 11) is 0. The number of likely N-dealkylation sites (tertiary alicyclic amines) is 1. The highest BCUT2D eigenvalue weighted by atomic mass is 16.7. The van der Waals surface area contributed by atoms with Crippen molar-refractivity contribution in [2.24, 2.45) is 5.92 Å². The van der Waals surface area contributed by atoms with E-state index in [-0.39, 0.29) is 31.0 Å². The van der Waals surface area contributed by atoms with Crippen molar-refractivity contribution in [3.05, 3.63) is 54.1 Å². The van der Waals surface area contributed by atoms with E-state index in [2.05, 4.69) is 0 Å². The summed E-state index contributed by atoms with van der Waals surface area (Å²) in [6.07, 6.45) is 1.62. The third-order valence-corrected chi connectivity index (χ3v) is 4.91. The molecule has 0 aromatic heterocycles. The van der Waals surface area contributed by atoms with Crippen molar-refractivity contribution in [2.45, 2.75) is 12.8 Å². The minimum atomic E-state index is -0.157. The predicted molar refractivity (Wildman–Crippen MR) is 98.1 cm³/mol.